The Morgan fingerprint density at radius 1 is 1.12 bits per heavy atom. The van der Waals surface area contributed by atoms with Crippen molar-refractivity contribution < 1.29 is 9.90 Å². The molecule has 9 heteroatoms. The Morgan fingerprint density at radius 3 is 2.53 bits per heavy atom. The van der Waals surface area contributed by atoms with Crippen molar-refractivity contribution in [1.29, 1.82) is 0 Å². The number of halogens is 1. The predicted molar refractivity (Wildman–Crippen MR) is 126 cm³/mol. The van der Waals surface area contributed by atoms with E-state index in [9.17, 15) is 4.79 Å². The number of hydrogen-bond donors (Lipinski definition) is 2. The van der Waals surface area contributed by atoms with Crippen LogP contribution in [0.1, 0.15) is 16.1 Å². The molecule has 168 valence electrons. The number of carbonyl (C=O) groups is 1. The summed E-state index contributed by atoms with van der Waals surface area (Å²) in [5.41, 5.74) is 2.90. The van der Waals surface area contributed by atoms with Gasteiger partial charge in [0.2, 0.25) is 0 Å². The minimum atomic E-state index is -0.235. The lowest BCUT2D eigenvalue weighted by Gasteiger charge is -2.35. The molecule has 0 atom stereocenters. The molecule has 1 aliphatic heterocycles. The van der Waals surface area contributed by atoms with Gasteiger partial charge < -0.3 is 19.9 Å². The lowest BCUT2D eigenvalue weighted by Crippen LogP contribution is -2.47. The molecule has 0 unspecified atom stereocenters. The number of carbonyl (C=O) groups excluding carboxylic acids is 1. The fourth-order valence-corrected chi connectivity index (χ4v) is 3.97. The summed E-state index contributed by atoms with van der Waals surface area (Å²) < 4.78 is 1.96. The monoisotopic (exact) mass is 454 g/mol. The van der Waals surface area contributed by atoms with Crippen LogP contribution in [0.15, 0.2) is 42.7 Å². The van der Waals surface area contributed by atoms with Crippen molar-refractivity contribution in [3.8, 4) is 11.4 Å². The van der Waals surface area contributed by atoms with Gasteiger partial charge in [0.25, 0.3) is 5.91 Å². The molecule has 8 nitrogen and oxygen atoms in total. The van der Waals surface area contributed by atoms with Gasteiger partial charge in [0.1, 0.15) is 11.6 Å². The van der Waals surface area contributed by atoms with E-state index in [0.717, 1.165) is 49.1 Å². The third kappa shape index (κ3) is 4.77. The van der Waals surface area contributed by atoms with Crippen molar-refractivity contribution >= 4 is 29.0 Å². The van der Waals surface area contributed by atoms with Gasteiger partial charge in [0.05, 0.1) is 17.2 Å². The number of aryl methyl sites for hydroxylation is 1. The van der Waals surface area contributed by atoms with E-state index in [0.29, 0.717) is 22.8 Å². The molecule has 32 heavy (non-hydrogen) atoms. The summed E-state index contributed by atoms with van der Waals surface area (Å²) >= 11 is 6.39. The van der Waals surface area contributed by atoms with Crippen molar-refractivity contribution in [2.24, 2.45) is 7.05 Å². The highest BCUT2D eigenvalue weighted by Gasteiger charge is 2.18. The first-order valence-corrected chi connectivity index (χ1v) is 11.0. The molecule has 1 aromatic carbocycles. The second kappa shape index (κ2) is 9.68. The maximum absolute atomic E-state index is 12.8. The summed E-state index contributed by atoms with van der Waals surface area (Å²) in [6, 6.07) is 9.02. The van der Waals surface area contributed by atoms with E-state index < -0.39 is 0 Å². The standard InChI is InChI=1S/C23H27ClN6O2/c1-16-14-26-22(28(16)2)19-13-18(4-5-20(19)24)27-23(32)17-3-6-21(25-15-17)30-9-7-29(8-10-30)11-12-31/h3-6,13-15,31H,7-12H2,1-2H3,(H,27,32). The molecule has 3 heterocycles. The van der Waals surface area contributed by atoms with Gasteiger partial charge in [-0.3, -0.25) is 9.69 Å². The summed E-state index contributed by atoms with van der Waals surface area (Å²) in [5, 5.41) is 12.6. The van der Waals surface area contributed by atoms with Gasteiger partial charge in [0, 0.05) is 69.1 Å². The van der Waals surface area contributed by atoms with E-state index in [1.165, 1.54) is 0 Å². The summed E-state index contributed by atoms with van der Waals surface area (Å²) in [6.07, 6.45) is 3.39. The van der Waals surface area contributed by atoms with Crippen LogP contribution >= 0.6 is 11.6 Å². The highest BCUT2D eigenvalue weighted by atomic mass is 35.5. The number of nitrogens with zero attached hydrogens (tertiary/aromatic N) is 5. The number of anilines is 2. The molecule has 2 N–H and O–H groups in total. The van der Waals surface area contributed by atoms with Gasteiger partial charge in [-0.15, -0.1) is 0 Å². The van der Waals surface area contributed by atoms with Crippen LogP contribution in [0, 0.1) is 6.92 Å². The molecule has 1 saturated heterocycles. The highest BCUT2D eigenvalue weighted by Crippen LogP contribution is 2.30. The topological polar surface area (TPSA) is 86.5 Å². The molecule has 1 aliphatic rings. The normalized spacial score (nSPS) is 14.6. The van der Waals surface area contributed by atoms with Gasteiger partial charge in [-0.05, 0) is 37.3 Å². The summed E-state index contributed by atoms with van der Waals surface area (Å²) in [7, 11) is 1.93. The van der Waals surface area contributed by atoms with Crippen molar-refractivity contribution in [3.05, 3.63) is 59.0 Å². The Kier molecular flexibility index (Phi) is 6.74. The molecule has 4 rings (SSSR count). The van der Waals surface area contributed by atoms with Gasteiger partial charge in [-0.2, -0.15) is 0 Å². The number of pyridine rings is 1. The van der Waals surface area contributed by atoms with E-state index in [2.05, 4.69) is 25.1 Å². The molecular formula is C23H27ClN6O2. The Balaban J connectivity index is 1.43. The summed E-state index contributed by atoms with van der Waals surface area (Å²) in [4.78, 5) is 26.1. The molecule has 2 aromatic heterocycles. The fraction of sp³-hybridized carbons (Fsp3) is 0.348. The maximum Gasteiger partial charge on any atom is 0.257 e. The number of benzene rings is 1. The number of amides is 1. The minimum Gasteiger partial charge on any atom is -0.395 e. The SMILES string of the molecule is Cc1cnc(-c2cc(NC(=O)c3ccc(N4CCN(CCO)CC4)nc3)ccc2Cl)n1C. The summed E-state index contributed by atoms with van der Waals surface area (Å²) in [6.45, 7) is 6.32. The third-order valence-electron chi connectivity index (χ3n) is 5.81. The van der Waals surface area contributed by atoms with Crippen LogP contribution < -0.4 is 10.2 Å². The van der Waals surface area contributed by atoms with Gasteiger partial charge in [-0.1, -0.05) is 11.6 Å². The number of aliphatic hydroxyl groups is 1. The second-order valence-corrected chi connectivity index (χ2v) is 8.30. The average molecular weight is 455 g/mol. The minimum absolute atomic E-state index is 0.179. The zero-order valence-electron chi connectivity index (χ0n) is 18.3. The number of aliphatic hydroxyl groups excluding tert-OH is 1. The number of hydrogen-bond acceptors (Lipinski definition) is 6. The van der Waals surface area contributed by atoms with Crippen LogP contribution in [-0.2, 0) is 7.05 Å². The van der Waals surface area contributed by atoms with Crippen LogP contribution in [0.5, 0.6) is 0 Å². The molecule has 0 aliphatic carbocycles. The van der Waals surface area contributed by atoms with Crippen molar-refractivity contribution in [1.82, 2.24) is 19.4 Å². The average Bonchev–Trinajstić information content (AvgIpc) is 3.14. The van der Waals surface area contributed by atoms with Crippen molar-refractivity contribution in [2.45, 2.75) is 6.92 Å². The predicted octanol–water partition coefficient (Wildman–Crippen LogP) is 2.81. The number of rotatable bonds is 6. The van der Waals surface area contributed by atoms with E-state index in [-0.39, 0.29) is 12.5 Å². The van der Waals surface area contributed by atoms with Gasteiger partial charge in [0.15, 0.2) is 0 Å². The molecular weight excluding hydrogens is 428 g/mol. The Hall–Kier alpha value is -2.94. The quantitative estimate of drug-likeness (QED) is 0.595. The van der Waals surface area contributed by atoms with Crippen LogP contribution in [0.25, 0.3) is 11.4 Å². The Morgan fingerprint density at radius 2 is 1.91 bits per heavy atom. The smallest absolute Gasteiger partial charge is 0.257 e. The molecule has 1 fully saturated rings. The molecule has 0 spiro atoms. The molecule has 1 amide bonds. The van der Waals surface area contributed by atoms with E-state index >= 15 is 0 Å². The first-order chi connectivity index (χ1) is 15.5. The van der Waals surface area contributed by atoms with Crippen LogP contribution in [0.2, 0.25) is 5.02 Å². The van der Waals surface area contributed by atoms with E-state index in [1.807, 2.05) is 30.7 Å². The van der Waals surface area contributed by atoms with E-state index in [1.54, 1.807) is 30.6 Å². The lowest BCUT2D eigenvalue weighted by atomic mass is 10.1. The van der Waals surface area contributed by atoms with Crippen molar-refractivity contribution in [2.75, 3.05) is 49.5 Å². The van der Waals surface area contributed by atoms with Crippen LogP contribution in [0.3, 0.4) is 0 Å². The number of imidazole rings is 1. The van der Waals surface area contributed by atoms with Gasteiger partial charge in [-0.25, -0.2) is 9.97 Å². The number of β-amino-alcohol motifs (C(OH)–C–C–N with tert-alkyl or cyclic N) is 1. The third-order valence-corrected chi connectivity index (χ3v) is 6.14. The molecule has 0 radical (unpaired) electrons. The first kappa shape index (κ1) is 22.3. The number of piperazine rings is 1. The summed E-state index contributed by atoms with van der Waals surface area (Å²) in [5.74, 6) is 1.36. The molecule has 3 aromatic rings. The zero-order valence-corrected chi connectivity index (χ0v) is 19.0. The maximum atomic E-state index is 12.8. The molecule has 0 bridgehead atoms. The van der Waals surface area contributed by atoms with E-state index in [4.69, 9.17) is 16.7 Å². The fourth-order valence-electron chi connectivity index (χ4n) is 3.77. The largest absolute Gasteiger partial charge is 0.395 e. The number of nitrogens with one attached hydrogen (secondary N) is 1. The molecule has 0 saturated carbocycles. The first-order valence-electron chi connectivity index (χ1n) is 10.6. The van der Waals surface area contributed by atoms with Crippen LogP contribution in [-0.4, -0.2) is 69.8 Å². The van der Waals surface area contributed by atoms with Crippen molar-refractivity contribution in [3.63, 3.8) is 0 Å². The Bertz CT molecular complexity index is 1090. The van der Waals surface area contributed by atoms with Gasteiger partial charge >= 0.3 is 0 Å². The van der Waals surface area contributed by atoms with Crippen LogP contribution in [0.4, 0.5) is 11.5 Å². The number of aromatic nitrogens is 3. The Labute approximate surface area is 192 Å². The second-order valence-electron chi connectivity index (χ2n) is 7.89. The lowest BCUT2D eigenvalue weighted by molar-refractivity contribution is 0.102. The zero-order chi connectivity index (χ0) is 22.7. The highest BCUT2D eigenvalue weighted by molar-refractivity contribution is 6.33.